The van der Waals surface area contributed by atoms with E-state index in [0.717, 1.165) is 12.2 Å². The molecule has 3 heteroatoms. The van der Waals surface area contributed by atoms with E-state index in [0.29, 0.717) is 5.78 Å². The Bertz CT molecular complexity index is 225. The second kappa shape index (κ2) is 6.06. The third kappa shape index (κ3) is 6.54. The number of nitrogens with one attached hydrogen (secondary N) is 1. The summed E-state index contributed by atoms with van der Waals surface area (Å²) in [4.78, 5) is 12.3. The summed E-state index contributed by atoms with van der Waals surface area (Å²) in [5, 5.41) is 3.43. The summed E-state index contributed by atoms with van der Waals surface area (Å²) >= 11 is 1.79. The maximum absolute atomic E-state index is 12.3. The molecule has 0 amide bonds. The third-order valence-electron chi connectivity index (χ3n) is 2.27. The number of thioether (sulfide) groups is 1. The van der Waals surface area contributed by atoms with Crippen LogP contribution in [0.4, 0.5) is 0 Å². The molecule has 1 atom stereocenters. The Balaban J connectivity index is 4.61. The van der Waals surface area contributed by atoms with Crippen LogP contribution in [0.15, 0.2) is 0 Å². The third-order valence-corrected chi connectivity index (χ3v) is 2.92. The molecule has 0 spiro atoms. The van der Waals surface area contributed by atoms with Crippen LogP contribution in [0, 0.1) is 5.41 Å². The maximum atomic E-state index is 12.3. The van der Waals surface area contributed by atoms with Crippen LogP contribution in [-0.2, 0) is 4.79 Å². The Hall–Kier alpha value is -0.0200. The first kappa shape index (κ1) is 16.0. The molecule has 0 aromatic carbocycles. The summed E-state index contributed by atoms with van der Waals surface area (Å²) in [5.41, 5.74) is -0.273. The van der Waals surface area contributed by atoms with Crippen LogP contribution in [0.25, 0.3) is 0 Å². The van der Waals surface area contributed by atoms with Crippen LogP contribution in [0.5, 0.6) is 0 Å². The Kier molecular flexibility index (Phi) is 6.05. The highest BCUT2D eigenvalue weighted by Crippen LogP contribution is 2.20. The minimum absolute atomic E-state index is 0.00994. The number of hydrogen-bond donors (Lipinski definition) is 1. The normalized spacial score (nSPS) is 14.9. The summed E-state index contributed by atoms with van der Waals surface area (Å²) < 4.78 is 0. The minimum atomic E-state index is -0.263. The summed E-state index contributed by atoms with van der Waals surface area (Å²) in [6.45, 7) is 12.3. The van der Waals surface area contributed by atoms with E-state index in [1.165, 1.54) is 0 Å². The lowest BCUT2D eigenvalue weighted by Gasteiger charge is -2.31. The van der Waals surface area contributed by atoms with E-state index in [2.05, 4.69) is 32.3 Å². The average Bonchev–Trinajstić information content (AvgIpc) is 2.07. The quantitative estimate of drug-likeness (QED) is 0.807. The lowest BCUT2D eigenvalue weighted by Crippen LogP contribution is -2.51. The van der Waals surface area contributed by atoms with Crippen LogP contribution in [0.2, 0.25) is 0 Å². The van der Waals surface area contributed by atoms with Gasteiger partial charge < -0.3 is 5.32 Å². The predicted octanol–water partition coefficient (Wildman–Crippen LogP) is 3.11. The van der Waals surface area contributed by atoms with Gasteiger partial charge in [0.25, 0.3) is 0 Å². The van der Waals surface area contributed by atoms with Crippen molar-refractivity contribution in [3.05, 3.63) is 0 Å². The van der Waals surface area contributed by atoms with Crippen molar-refractivity contribution in [2.75, 3.05) is 12.0 Å². The van der Waals surface area contributed by atoms with Gasteiger partial charge in [0, 0.05) is 11.0 Å². The summed E-state index contributed by atoms with van der Waals surface area (Å²) in [6, 6.07) is -0.0209. The predicted molar refractivity (Wildman–Crippen MR) is 74.1 cm³/mol. The standard InChI is InChI=1S/C13H27NOS/c1-12(2,3)11(15)10(8-9-16-7)14-13(4,5)6/h10,14H,8-9H2,1-7H3/t10-/m0/s1. The molecule has 2 nitrogen and oxygen atoms in total. The topological polar surface area (TPSA) is 29.1 Å². The van der Waals surface area contributed by atoms with Gasteiger partial charge in [0.15, 0.2) is 5.78 Å². The van der Waals surface area contributed by atoms with Crippen molar-refractivity contribution < 1.29 is 4.79 Å². The van der Waals surface area contributed by atoms with Crippen LogP contribution in [-0.4, -0.2) is 29.4 Å². The molecule has 0 heterocycles. The molecule has 0 aliphatic carbocycles. The number of ketones is 1. The van der Waals surface area contributed by atoms with Crippen molar-refractivity contribution in [3.63, 3.8) is 0 Å². The summed E-state index contributed by atoms with van der Waals surface area (Å²) in [5.74, 6) is 1.34. The molecule has 0 aromatic rings. The van der Waals surface area contributed by atoms with Crippen molar-refractivity contribution in [3.8, 4) is 0 Å². The highest BCUT2D eigenvalue weighted by atomic mass is 32.2. The highest BCUT2D eigenvalue weighted by Gasteiger charge is 2.31. The molecular formula is C13H27NOS. The molecule has 1 N–H and O–H groups in total. The lowest BCUT2D eigenvalue weighted by atomic mass is 9.84. The molecule has 0 saturated carbocycles. The molecular weight excluding hydrogens is 218 g/mol. The molecule has 16 heavy (non-hydrogen) atoms. The molecule has 0 aliphatic heterocycles. The molecule has 0 fully saturated rings. The van der Waals surface area contributed by atoms with Crippen molar-refractivity contribution in [1.82, 2.24) is 5.32 Å². The van der Waals surface area contributed by atoms with Gasteiger partial charge >= 0.3 is 0 Å². The Morgan fingerprint density at radius 1 is 1.19 bits per heavy atom. The number of carbonyl (C=O) groups is 1. The molecule has 0 bridgehead atoms. The van der Waals surface area contributed by atoms with Gasteiger partial charge in [-0.15, -0.1) is 0 Å². The number of carbonyl (C=O) groups excluding carboxylic acids is 1. The highest BCUT2D eigenvalue weighted by molar-refractivity contribution is 7.98. The monoisotopic (exact) mass is 245 g/mol. The maximum Gasteiger partial charge on any atom is 0.155 e. The molecule has 96 valence electrons. The second-order valence-corrected chi connectivity index (χ2v) is 7.33. The molecule has 0 unspecified atom stereocenters. The van der Waals surface area contributed by atoms with Crippen molar-refractivity contribution >= 4 is 17.5 Å². The Morgan fingerprint density at radius 3 is 2.00 bits per heavy atom. The molecule has 0 saturated heterocycles. The average molecular weight is 245 g/mol. The van der Waals surface area contributed by atoms with Crippen molar-refractivity contribution in [2.45, 2.75) is 59.5 Å². The van der Waals surface area contributed by atoms with E-state index in [-0.39, 0.29) is 17.0 Å². The van der Waals surface area contributed by atoms with Gasteiger partial charge in [-0.25, -0.2) is 0 Å². The van der Waals surface area contributed by atoms with E-state index >= 15 is 0 Å². The van der Waals surface area contributed by atoms with Crippen LogP contribution in [0.3, 0.4) is 0 Å². The van der Waals surface area contributed by atoms with Crippen LogP contribution >= 0.6 is 11.8 Å². The number of rotatable bonds is 5. The fourth-order valence-corrected chi connectivity index (χ4v) is 2.02. The van der Waals surface area contributed by atoms with E-state index in [4.69, 9.17) is 0 Å². The molecule has 0 aliphatic rings. The lowest BCUT2D eigenvalue weighted by molar-refractivity contribution is -0.129. The van der Waals surface area contributed by atoms with E-state index < -0.39 is 0 Å². The van der Waals surface area contributed by atoms with Gasteiger partial charge in [-0.3, -0.25) is 4.79 Å². The van der Waals surface area contributed by atoms with E-state index in [9.17, 15) is 4.79 Å². The van der Waals surface area contributed by atoms with Gasteiger partial charge in [0.2, 0.25) is 0 Å². The zero-order valence-corrected chi connectivity index (χ0v) is 12.6. The fourth-order valence-electron chi connectivity index (χ4n) is 1.55. The van der Waals surface area contributed by atoms with Gasteiger partial charge in [-0.05, 0) is 39.2 Å². The van der Waals surface area contributed by atoms with E-state index in [1.807, 2.05) is 20.8 Å². The van der Waals surface area contributed by atoms with Crippen molar-refractivity contribution in [2.24, 2.45) is 5.41 Å². The first-order valence-corrected chi connectivity index (χ1v) is 7.28. The van der Waals surface area contributed by atoms with Crippen LogP contribution in [0.1, 0.15) is 48.0 Å². The van der Waals surface area contributed by atoms with Gasteiger partial charge in [0.1, 0.15) is 0 Å². The number of Topliss-reactive ketones (excluding diaryl/α,β-unsaturated/α-hetero) is 1. The Labute approximate surface area is 105 Å². The smallest absolute Gasteiger partial charge is 0.155 e. The first-order chi connectivity index (χ1) is 7.08. The zero-order chi connectivity index (χ0) is 13.0. The largest absolute Gasteiger partial charge is 0.303 e. The first-order valence-electron chi connectivity index (χ1n) is 5.89. The second-order valence-electron chi connectivity index (χ2n) is 6.34. The van der Waals surface area contributed by atoms with Gasteiger partial charge in [-0.2, -0.15) is 11.8 Å². The summed E-state index contributed by atoms with van der Waals surface area (Å²) in [7, 11) is 0. The fraction of sp³-hybridized carbons (Fsp3) is 0.923. The van der Waals surface area contributed by atoms with Gasteiger partial charge in [0.05, 0.1) is 6.04 Å². The summed E-state index contributed by atoms with van der Waals surface area (Å²) in [6.07, 6.45) is 2.99. The molecule has 0 radical (unpaired) electrons. The van der Waals surface area contributed by atoms with E-state index in [1.54, 1.807) is 11.8 Å². The Morgan fingerprint density at radius 2 is 1.69 bits per heavy atom. The zero-order valence-electron chi connectivity index (χ0n) is 11.8. The van der Waals surface area contributed by atoms with Crippen LogP contribution < -0.4 is 5.32 Å². The molecule has 0 rings (SSSR count). The number of hydrogen-bond acceptors (Lipinski definition) is 3. The minimum Gasteiger partial charge on any atom is -0.303 e. The van der Waals surface area contributed by atoms with Crippen molar-refractivity contribution in [1.29, 1.82) is 0 Å². The molecule has 0 aromatic heterocycles. The van der Waals surface area contributed by atoms with Gasteiger partial charge in [-0.1, -0.05) is 20.8 Å². The SMILES string of the molecule is CSCC[C@H](NC(C)(C)C)C(=O)C(C)(C)C.